The van der Waals surface area contributed by atoms with Crippen LogP contribution < -0.4 is 10.0 Å². The molecule has 1 amide bonds. The van der Waals surface area contributed by atoms with Gasteiger partial charge in [0.2, 0.25) is 10.0 Å². The van der Waals surface area contributed by atoms with Crippen LogP contribution in [0.3, 0.4) is 0 Å². The molecular weight excluding hydrogens is 344 g/mol. The molecule has 0 fully saturated rings. The van der Waals surface area contributed by atoms with E-state index in [0.29, 0.717) is 18.4 Å². The third-order valence-corrected chi connectivity index (χ3v) is 5.86. The number of aliphatic carboxylic acids is 1. The molecular formula is C17H26N2O5S. The Hall–Kier alpha value is -1.93. The number of hydrogen-bond donors (Lipinski definition) is 3. The standard InChI is InChI=1S/C17H26N2O5S/c1-5-17(6-2,11-15(20)21)19-16(22)14-10-13(9-8-12(14)4)25(23,24)18-7-3/h8-10,18H,5-7,11H2,1-4H3,(H,19,22)(H,20,21). The number of benzene rings is 1. The van der Waals surface area contributed by atoms with Crippen LogP contribution in [0.4, 0.5) is 0 Å². The van der Waals surface area contributed by atoms with E-state index in [-0.39, 0.29) is 23.4 Å². The predicted molar refractivity (Wildman–Crippen MR) is 95.1 cm³/mol. The molecule has 0 aliphatic heterocycles. The lowest BCUT2D eigenvalue weighted by atomic mass is 9.88. The van der Waals surface area contributed by atoms with Crippen LogP contribution in [-0.2, 0) is 14.8 Å². The first-order valence-electron chi connectivity index (χ1n) is 8.25. The third-order valence-electron chi connectivity index (χ3n) is 4.32. The second-order valence-corrected chi connectivity index (χ2v) is 7.76. The van der Waals surface area contributed by atoms with Crippen molar-refractivity contribution in [1.82, 2.24) is 10.0 Å². The fraction of sp³-hybridized carbons (Fsp3) is 0.529. The maximum absolute atomic E-state index is 12.7. The summed E-state index contributed by atoms with van der Waals surface area (Å²) < 4.78 is 26.7. The Kier molecular flexibility index (Phi) is 7.13. The first-order chi connectivity index (χ1) is 11.6. The highest BCUT2D eigenvalue weighted by atomic mass is 32.2. The summed E-state index contributed by atoms with van der Waals surface area (Å²) in [7, 11) is -3.68. The van der Waals surface area contributed by atoms with Gasteiger partial charge in [0.15, 0.2) is 0 Å². The Bertz CT molecular complexity index is 739. The first kappa shape index (κ1) is 21.1. The van der Waals surface area contributed by atoms with E-state index in [9.17, 15) is 18.0 Å². The summed E-state index contributed by atoms with van der Waals surface area (Å²) in [5, 5.41) is 11.9. The molecule has 0 heterocycles. The van der Waals surface area contributed by atoms with Gasteiger partial charge in [-0.25, -0.2) is 13.1 Å². The highest BCUT2D eigenvalue weighted by Crippen LogP contribution is 2.22. The Morgan fingerprint density at radius 3 is 2.24 bits per heavy atom. The van der Waals surface area contributed by atoms with Crippen LogP contribution in [-0.4, -0.2) is 37.5 Å². The van der Waals surface area contributed by atoms with Gasteiger partial charge in [-0.2, -0.15) is 0 Å². The fourth-order valence-electron chi connectivity index (χ4n) is 2.60. The van der Waals surface area contributed by atoms with Crippen molar-refractivity contribution >= 4 is 21.9 Å². The van der Waals surface area contributed by atoms with Crippen molar-refractivity contribution < 1.29 is 23.1 Å². The molecule has 0 aromatic heterocycles. The highest BCUT2D eigenvalue weighted by molar-refractivity contribution is 7.89. The zero-order valence-corrected chi connectivity index (χ0v) is 15.9. The highest BCUT2D eigenvalue weighted by Gasteiger charge is 2.32. The molecule has 0 saturated carbocycles. The van der Waals surface area contributed by atoms with E-state index in [4.69, 9.17) is 5.11 Å². The largest absolute Gasteiger partial charge is 0.481 e. The van der Waals surface area contributed by atoms with Gasteiger partial charge in [0.25, 0.3) is 5.91 Å². The molecule has 1 aromatic carbocycles. The monoisotopic (exact) mass is 370 g/mol. The number of carboxylic acid groups (broad SMARTS) is 1. The van der Waals surface area contributed by atoms with Crippen molar-refractivity contribution in [2.75, 3.05) is 6.54 Å². The number of nitrogens with one attached hydrogen (secondary N) is 2. The Balaban J connectivity index is 3.22. The lowest BCUT2D eigenvalue weighted by Gasteiger charge is -2.31. The normalized spacial score (nSPS) is 12.0. The molecule has 1 rings (SSSR count). The van der Waals surface area contributed by atoms with Gasteiger partial charge in [0.1, 0.15) is 0 Å². The van der Waals surface area contributed by atoms with Crippen molar-refractivity contribution in [2.24, 2.45) is 0 Å². The molecule has 0 aliphatic carbocycles. The van der Waals surface area contributed by atoms with Crippen LogP contribution in [0.5, 0.6) is 0 Å². The summed E-state index contributed by atoms with van der Waals surface area (Å²) in [5.41, 5.74) is -0.0358. The zero-order chi connectivity index (χ0) is 19.3. The van der Waals surface area contributed by atoms with Crippen LogP contribution >= 0.6 is 0 Å². The van der Waals surface area contributed by atoms with Gasteiger partial charge in [-0.1, -0.05) is 26.8 Å². The number of carbonyl (C=O) groups is 2. The molecule has 0 radical (unpaired) electrons. The summed E-state index contributed by atoms with van der Waals surface area (Å²) in [6.07, 6.45) is 0.714. The molecule has 8 heteroatoms. The lowest BCUT2D eigenvalue weighted by Crippen LogP contribution is -2.49. The summed E-state index contributed by atoms with van der Waals surface area (Å²) in [6, 6.07) is 4.32. The van der Waals surface area contributed by atoms with E-state index in [2.05, 4.69) is 10.0 Å². The van der Waals surface area contributed by atoms with E-state index >= 15 is 0 Å². The molecule has 0 bridgehead atoms. The van der Waals surface area contributed by atoms with Gasteiger partial charge in [0.05, 0.1) is 16.9 Å². The van der Waals surface area contributed by atoms with E-state index < -0.39 is 27.4 Å². The lowest BCUT2D eigenvalue weighted by molar-refractivity contribution is -0.138. The second kappa shape index (κ2) is 8.44. The minimum atomic E-state index is -3.68. The molecule has 0 saturated heterocycles. The Morgan fingerprint density at radius 2 is 1.76 bits per heavy atom. The molecule has 3 N–H and O–H groups in total. The minimum Gasteiger partial charge on any atom is -0.481 e. The minimum absolute atomic E-state index is 0.00179. The van der Waals surface area contributed by atoms with E-state index in [1.165, 1.54) is 12.1 Å². The first-order valence-corrected chi connectivity index (χ1v) is 9.73. The van der Waals surface area contributed by atoms with Gasteiger partial charge >= 0.3 is 5.97 Å². The number of carboxylic acids is 1. The van der Waals surface area contributed by atoms with Gasteiger partial charge in [0, 0.05) is 12.1 Å². The van der Waals surface area contributed by atoms with Crippen molar-refractivity contribution in [3.8, 4) is 0 Å². The topological polar surface area (TPSA) is 113 Å². The summed E-state index contributed by atoms with van der Waals surface area (Å²) >= 11 is 0. The molecule has 1 aromatic rings. The number of sulfonamides is 1. The van der Waals surface area contributed by atoms with Gasteiger partial charge < -0.3 is 10.4 Å². The molecule has 0 spiro atoms. The Labute approximate surface area is 148 Å². The van der Waals surface area contributed by atoms with Crippen molar-refractivity contribution in [2.45, 2.75) is 57.4 Å². The van der Waals surface area contributed by atoms with Gasteiger partial charge in [-0.15, -0.1) is 0 Å². The Morgan fingerprint density at radius 1 is 1.16 bits per heavy atom. The smallest absolute Gasteiger partial charge is 0.305 e. The van der Waals surface area contributed by atoms with Crippen molar-refractivity contribution in [3.05, 3.63) is 29.3 Å². The zero-order valence-electron chi connectivity index (χ0n) is 15.0. The van der Waals surface area contributed by atoms with Crippen LogP contribution in [0.15, 0.2) is 23.1 Å². The fourth-order valence-corrected chi connectivity index (χ4v) is 3.67. The van der Waals surface area contributed by atoms with Crippen LogP contribution in [0.25, 0.3) is 0 Å². The van der Waals surface area contributed by atoms with E-state index in [1.54, 1.807) is 19.9 Å². The molecule has 0 unspecified atom stereocenters. The summed E-state index contributed by atoms with van der Waals surface area (Å²) in [6.45, 7) is 7.24. The van der Waals surface area contributed by atoms with Crippen LogP contribution in [0, 0.1) is 6.92 Å². The number of hydrogen-bond acceptors (Lipinski definition) is 4. The predicted octanol–water partition coefficient (Wildman–Crippen LogP) is 2.06. The maximum atomic E-state index is 12.7. The van der Waals surface area contributed by atoms with Crippen LogP contribution in [0.1, 0.15) is 56.0 Å². The second-order valence-electron chi connectivity index (χ2n) is 5.99. The quantitative estimate of drug-likeness (QED) is 0.616. The average Bonchev–Trinajstić information content (AvgIpc) is 2.53. The summed E-state index contributed by atoms with van der Waals surface area (Å²) in [4.78, 5) is 23.8. The van der Waals surface area contributed by atoms with Crippen molar-refractivity contribution in [1.29, 1.82) is 0 Å². The number of carbonyl (C=O) groups excluding carboxylic acids is 1. The molecule has 0 aliphatic rings. The van der Waals surface area contributed by atoms with Gasteiger partial charge in [-0.05, 0) is 37.5 Å². The SMILES string of the molecule is CCNS(=O)(=O)c1ccc(C)c(C(=O)NC(CC)(CC)CC(=O)O)c1. The summed E-state index contributed by atoms with van der Waals surface area (Å²) in [5.74, 6) is -1.47. The van der Waals surface area contributed by atoms with Gasteiger partial charge in [-0.3, -0.25) is 9.59 Å². The molecule has 0 atom stereocenters. The third kappa shape index (κ3) is 5.27. The van der Waals surface area contributed by atoms with Crippen LogP contribution in [0.2, 0.25) is 0 Å². The molecule has 7 nitrogen and oxygen atoms in total. The van der Waals surface area contributed by atoms with E-state index in [0.717, 1.165) is 0 Å². The number of rotatable bonds is 9. The average molecular weight is 370 g/mol. The molecule has 140 valence electrons. The van der Waals surface area contributed by atoms with E-state index in [1.807, 2.05) is 13.8 Å². The number of amides is 1. The maximum Gasteiger partial charge on any atom is 0.305 e. The molecule has 25 heavy (non-hydrogen) atoms. The number of aryl methyl sites for hydroxylation is 1. The van der Waals surface area contributed by atoms with Crippen molar-refractivity contribution in [3.63, 3.8) is 0 Å².